The van der Waals surface area contributed by atoms with Gasteiger partial charge in [-0.1, -0.05) is 0 Å². The lowest BCUT2D eigenvalue weighted by atomic mass is 10.5. The zero-order chi connectivity index (χ0) is 38.5. The Balaban J connectivity index is 3.27. The third-order valence-corrected chi connectivity index (χ3v) is 15.9. The molecule has 15 nitrogen and oxygen atoms in total. The quantitative estimate of drug-likeness (QED) is 0.0709. The summed E-state index contributed by atoms with van der Waals surface area (Å²) in [6.07, 6.45) is 0.939. The predicted molar refractivity (Wildman–Crippen MR) is 207 cm³/mol. The summed E-state index contributed by atoms with van der Waals surface area (Å²) in [4.78, 5) is 0. The van der Waals surface area contributed by atoms with Gasteiger partial charge in [-0.3, -0.25) is 0 Å². The Morgan fingerprint density at radius 2 is 0.481 bits per heavy atom. The molecule has 0 unspecified atom stereocenters. The van der Waals surface area contributed by atoms with Crippen LogP contribution in [0.1, 0.15) is 6.42 Å². The molecule has 0 aliphatic heterocycles. The van der Waals surface area contributed by atoms with Gasteiger partial charge in [0, 0.05) is 6.61 Å². The molecule has 0 radical (unpaired) electrons. The first-order valence-electron chi connectivity index (χ1n) is 18.9. The Morgan fingerprint density at radius 3 is 0.673 bits per heavy atom. The topological polar surface area (TPSA) is 149 Å². The third-order valence-electron chi connectivity index (χ3n) is 6.29. The number of hydrogen-bond acceptors (Lipinski definition) is 15. The van der Waals surface area contributed by atoms with Crippen LogP contribution in [-0.2, 0) is 65.1 Å². The third kappa shape index (κ3) is 42.8. The molecule has 0 aliphatic rings. The van der Waals surface area contributed by atoms with E-state index in [9.17, 15) is 0 Å². The van der Waals surface area contributed by atoms with Gasteiger partial charge in [0.25, 0.3) is 0 Å². The monoisotopic (exact) mass is 808 g/mol. The first kappa shape index (κ1) is 52.1. The second-order valence-electron chi connectivity index (χ2n) is 13.7. The first-order chi connectivity index (χ1) is 25.0. The SMILES string of the molecule is C[Si](C)(C)O[Si](C)(CCCOCCOCCOCCOCCOCCOCCOCCOCCOCCOCCOCCOCCO)O[Si](C)(C)C. The van der Waals surface area contributed by atoms with Crippen molar-refractivity contribution >= 4 is 25.2 Å². The number of rotatable bonds is 43. The highest BCUT2D eigenvalue weighted by Gasteiger charge is 2.39. The van der Waals surface area contributed by atoms with Crippen LogP contribution in [0.4, 0.5) is 0 Å². The molecule has 0 aromatic carbocycles. The zero-order valence-electron chi connectivity index (χ0n) is 33.8. The first-order valence-corrected chi connectivity index (χ1v) is 28.3. The van der Waals surface area contributed by atoms with E-state index in [1.165, 1.54) is 0 Å². The van der Waals surface area contributed by atoms with E-state index in [0.717, 1.165) is 12.5 Å². The molecule has 18 heteroatoms. The summed E-state index contributed by atoms with van der Waals surface area (Å²) in [6.45, 7) is 27.9. The van der Waals surface area contributed by atoms with E-state index in [1.807, 2.05) is 0 Å². The lowest BCUT2D eigenvalue weighted by Crippen LogP contribution is -2.52. The lowest BCUT2D eigenvalue weighted by molar-refractivity contribution is -0.0286. The van der Waals surface area contributed by atoms with Crippen LogP contribution in [0.3, 0.4) is 0 Å². The van der Waals surface area contributed by atoms with Crippen molar-refractivity contribution in [3.63, 3.8) is 0 Å². The molecule has 1 N–H and O–H groups in total. The number of aliphatic hydroxyl groups excluding tert-OH is 1. The maximum absolute atomic E-state index is 8.59. The summed E-state index contributed by atoms with van der Waals surface area (Å²) >= 11 is 0. The van der Waals surface area contributed by atoms with Gasteiger partial charge in [0.2, 0.25) is 0 Å². The molecular formula is C34H76O15Si3. The number of aliphatic hydroxyl groups is 1. The van der Waals surface area contributed by atoms with Crippen molar-refractivity contribution in [2.75, 3.05) is 165 Å². The second-order valence-corrected chi connectivity index (χ2v) is 26.6. The fourth-order valence-electron chi connectivity index (χ4n) is 4.50. The lowest BCUT2D eigenvalue weighted by Gasteiger charge is -2.38. The average molecular weight is 809 g/mol. The van der Waals surface area contributed by atoms with Crippen molar-refractivity contribution in [3.05, 3.63) is 0 Å². The summed E-state index contributed by atoms with van der Waals surface area (Å²) in [5, 5.41) is 8.59. The summed E-state index contributed by atoms with van der Waals surface area (Å²) < 4.78 is 78.8. The molecule has 0 aromatic rings. The van der Waals surface area contributed by atoms with Crippen molar-refractivity contribution in [2.45, 2.75) is 58.3 Å². The highest BCUT2D eigenvalue weighted by atomic mass is 28.5. The maximum atomic E-state index is 8.59. The molecule has 0 amide bonds. The van der Waals surface area contributed by atoms with Gasteiger partial charge in [-0.15, -0.1) is 0 Å². The largest absolute Gasteiger partial charge is 0.437 e. The summed E-state index contributed by atoms with van der Waals surface area (Å²) in [5.74, 6) is 0. The van der Waals surface area contributed by atoms with Crippen molar-refractivity contribution in [3.8, 4) is 0 Å². The molecule has 0 bridgehead atoms. The maximum Gasteiger partial charge on any atom is 0.314 e. The van der Waals surface area contributed by atoms with E-state index in [1.54, 1.807) is 0 Å². The van der Waals surface area contributed by atoms with Crippen LogP contribution >= 0.6 is 0 Å². The van der Waals surface area contributed by atoms with Crippen LogP contribution in [0.15, 0.2) is 0 Å². The van der Waals surface area contributed by atoms with Gasteiger partial charge in [-0.05, 0) is 58.3 Å². The Hall–Kier alpha value is 0.0506. The van der Waals surface area contributed by atoms with Gasteiger partial charge in [-0.25, -0.2) is 0 Å². The van der Waals surface area contributed by atoms with E-state index < -0.39 is 25.2 Å². The van der Waals surface area contributed by atoms with Gasteiger partial charge >= 0.3 is 8.56 Å². The van der Waals surface area contributed by atoms with Crippen molar-refractivity contribution < 1.29 is 70.2 Å². The van der Waals surface area contributed by atoms with Crippen LogP contribution < -0.4 is 0 Å². The number of ether oxygens (including phenoxy) is 12. The molecule has 0 rings (SSSR count). The standard InChI is InChI=1S/C34H76O15Si3/c1-50(2,3)48-52(7,49-51(4,5)6)34-8-10-36-12-14-38-16-18-40-20-22-42-24-26-44-28-30-46-32-33-47-31-29-45-27-25-43-23-21-41-19-17-39-15-13-37-11-9-35/h35H,8-34H2,1-7H3. The Bertz CT molecular complexity index is 717. The van der Waals surface area contributed by atoms with E-state index >= 15 is 0 Å². The smallest absolute Gasteiger partial charge is 0.314 e. The molecule has 314 valence electrons. The van der Waals surface area contributed by atoms with Crippen molar-refractivity contribution in [1.82, 2.24) is 0 Å². The van der Waals surface area contributed by atoms with Gasteiger partial charge in [-0.2, -0.15) is 0 Å². The van der Waals surface area contributed by atoms with Gasteiger partial charge in [0.15, 0.2) is 16.6 Å². The highest BCUT2D eigenvalue weighted by Crippen LogP contribution is 2.25. The molecule has 0 aliphatic carbocycles. The molecule has 0 fully saturated rings. The fraction of sp³-hybridized carbons (Fsp3) is 1.00. The van der Waals surface area contributed by atoms with Crippen LogP contribution in [0.2, 0.25) is 51.9 Å². The van der Waals surface area contributed by atoms with Gasteiger partial charge in [0.1, 0.15) is 0 Å². The van der Waals surface area contributed by atoms with E-state index in [-0.39, 0.29) is 6.61 Å². The van der Waals surface area contributed by atoms with Crippen molar-refractivity contribution in [1.29, 1.82) is 0 Å². The van der Waals surface area contributed by atoms with Gasteiger partial charge < -0.3 is 70.2 Å². The average Bonchev–Trinajstić information content (AvgIpc) is 3.06. The molecule has 0 spiro atoms. The van der Waals surface area contributed by atoms with Crippen molar-refractivity contribution in [2.24, 2.45) is 0 Å². The van der Waals surface area contributed by atoms with Crippen LogP contribution in [-0.4, -0.2) is 195 Å². The summed E-state index contributed by atoms with van der Waals surface area (Å²) in [7, 11) is -5.52. The normalized spacial score (nSPS) is 12.7. The summed E-state index contributed by atoms with van der Waals surface area (Å²) in [5.41, 5.74) is 0. The Kier molecular flexibility index (Phi) is 36.7. The van der Waals surface area contributed by atoms with Crippen LogP contribution in [0.25, 0.3) is 0 Å². The zero-order valence-corrected chi connectivity index (χ0v) is 36.8. The summed E-state index contributed by atoms with van der Waals surface area (Å²) in [6, 6.07) is 0.953. The Labute approximate surface area is 318 Å². The molecule has 0 heterocycles. The highest BCUT2D eigenvalue weighted by molar-refractivity contribution is 6.87. The second kappa shape index (κ2) is 36.7. The number of hydrogen-bond donors (Lipinski definition) is 1. The van der Waals surface area contributed by atoms with E-state index in [2.05, 4.69) is 45.8 Å². The molecular weight excluding hydrogens is 733 g/mol. The molecule has 0 saturated carbocycles. The van der Waals surface area contributed by atoms with Crippen LogP contribution in [0, 0.1) is 0 Å². The molecule has 0 saturated heterocycles. The Morgan fingerprint density at radius 1 is 0.288 bits per heavy atom. The minimum Gasteiger partial charge on any atom is -0.437 e. The minimum absolute atomic E-state index is 0.0243. The van der Waals surface area contributed by atoms with Gasteiger partial charge in [0.05, 0.1) is 159 Å². The molecule has 0 aromatic heterocycles. The molecule has 0 atom stereocenters. The van der Waals surface area contributed by atoms with E-state index in [4.69, 9.17) is 70.2 Å². The molecule has 52 heavy (non-hydrogen) atoms. The fourth-order valence-corrected chi connectivity index (χ4v) is 17.0. The minimum atomic E-state index is -2.19. The van der Waals surface area contributed by atoms with Crippen LogP contribution in [0.5, 0.6) is 0 Å². The predicted octanol–water partition coefficient (Wildman–Crippen LogP) is 3.34. The van der Waals surface area contributed by atoms with E-state index in [0.29, 0.717) is 159 Å².